The molecule has 0 unspecified atom stereocenters. The molecule has 140 valence electrons. The number of carbonyl (C=O) groups is 1. The van der Waals surface area contributed by atoms with E-state index >= 15 is 0 Å². The second-order valence-electron chi connectivity index (χ2n) is 5.42. The minimum absolute atomic E-state index is 0.104. The average molecular weight is 488 g/mol. The van der Waals surface area contributed by atoms with E-state index in [1.165, 1.54) is 19.2 Å². The second kappa shape index (κ2) is 8.72. The highest BCUT2D eigenvalue weighted by molar-refractivity contribution is 14.1. The van der Waals surface area contributed by atoms with Gasteiger partial charge in [0.2, 0.25) is 0 Å². The molecule has 0 atom stereocenters. The summed E-state index contributed by atoms with van der Waals surface area (Å²) in [5.41, 5.74) is 0.582. The number of methoxy groups -OCH3 is 1. The molecule has 0 aliphatic heterocycles. The van der Waals surface area contributed by atoms with E-state index in [-0.39, 0.29) is 16.5 Å². The molecule has 6 nitrogen and oxygen atoms in total. The number of hydrogen-bond acceptors (Lipinski definition) is 4. The zero-order valence-electron chi connectivity index (χ0n) is 14.8. The van der Waals surface area contributed by atoms with Crippen LogP contribution in [0.3, 0.4) is 0 Å². The molecule has 0 aliphatic rings. The highest BCUT2D eigenvalue weighted by Gasteiger charge is 2.21. The number of rotatable bonds is 7. The normalized spacial score (nSPS) is 11.1. The van der Waals surface area contributed by atoms with Crippen LogP contribution in [-0.4, -0.2) is 39.4 Å². The molecule has 0 spiro atoms. The van der Waals surface area contributed by atoms with Crippen LogP contribution in [-0.2, 0) is 10.0 Å². The van der Waals surface area contributed by atoms with Crippen molar-refractivity contribution in [2.24, 2.45) is 0 Å². The molecule has 0 saturated carbocycles. The lowest BCUT2D eigenvalue weighted by molar-refractivity contribution is 0.0774. The molecule has 0 fully saturated rings. The van der Waals surface area contributed by atoms with Crippen molar-refractivity contribution in [1.82, 2.24) is 4.90 Å². The van der Waals surface area contributed by atoms with E-state index < -0.39 is 10.0 Å². The molecule has 0 saturated heterocycles. The van der Waals surface area contributed by atoms with Crippen molar-refractivity contribution in [2.75, 3.05) is 24.9 Å². The first-order valence-electron chi connectivity index (χ1n) is 8.08. The Balaban J connectivity index is 2.39. The summed E-state index contributed by atoms with van der Waals surface area (Å²) in [6.45, 7) is 4.86. The number of ether oxygens (including phenoxy) is 1. The molecule has 0 heterocycles. The maximum Gasteiger partial charge on any atom is 0.261 e. The standard InChI is InChI=1S/C18H21IN2O4S/c1-4-21(5-2)18(22)14-8-6-7-9-16(14)20-26(23,24)13-10-11-17(25-3)15(19)12-13/h6-12,20H,4-5H2,1-3H3. The number of nitrogens with zero attached hydrogens (tertiary/aromatic N) is 1. The zero-order valence-corrected chi connectivity index (χ0v) is 17.8. The molecule has 8 heteroatoms. The highest BCUT2D eigenvalue weighted by Crippen LogP contribution is 2.26. The molecule has 2 aromatic carbocycles. The van der Waals surface area contributed by atoms with Gasteiger partial charge in [-0.1, -0.05) is 12.1 Å². The number of hydrogen-bond donors (Lipinski definition) is 1. The summed E-state index contributed by atoms with van der Waals surface area (Å²) < 4.78 is 33.9. The van der Waals surface area contributed by atoms with Crippen LogP contribution >= 0.6 is 22.6 Å². The van der Waals surface area contributed by atoms with E-state index in [2.05, 4.69) is 4.72 Å². The van der Waals surface area contributed by atoms with Crippen molar-refractivity contribution in [1.29, 1.82) is 0 Å². The van der Waals surface area contributed by atoms with Crippen LogP contribution in [0.25, 0.3) is 0 Å². The van der Waals surface area contributed by atoms with Crippen molar-refractivity contribution < 1.29 is 17.9 Å². The van der Waals surface area contributed by atoms with Gasteiger partial charge in [-0.15, -0.1) is 0 Å². The summed E-state index contributed by atoms with van der Waals surface area (Å²) in [6, 6.07) is 11.2. The molecular weight excluding hydrogens is 467 g/mol. The van der Waals surface area contributed by atoms with Gasteiger partial charge in [0.1, 0.15) is 5.75 Å². The van der Waals surface area contributed by atoms with E-state index in [9.17, 15) is 13.2 Å². The first-order chi connectivity index (χ1) is 12.3. The van der Waals surface area contributed by atoms with Gasteiger partial charge in [0.05, 0.1) is 26.8 Å². The van der Waals surface area contributed by atoms with Crippen molar-refractivity contribution in [3.05, 3.63) is 51.6 Å². The number of benzene rings is 2. The Labute approximate surface area is 167 Å². The number of sulfonamides is 1. The van der Waals surface area contributed by atoms with Crippen molar-refractivity contribution >= 4 is 44.2 Å². The quantitative estimate of drug-likeness (QED) is 0.605. The number of halogens is 1. The second-order valence-corrected chi connectivity index (χ2v) is 8.27. The van der Waals surface area contributed by atoms with Crippen LogP contribution < -0.4 is 9.46 Å². The number of anilines is 1. The summed E-state index contributed by atoms with van der Waals surface area (Å²) in [5.74, 6) is 0.388. The molecular formula is C18H21IN2O4S. The number of carbonyl (C=O) groups excluding carboxylic acids is 1. The monoisotopic (exact) mass is 488 g/mol. The Morgan fingerprint density at radius 2 is 1.81 bits per heavy atom. The Kier molecular flexibility index (Phi) is 6.87. The molecule has 0 bridgehead atoms. The van der Waals surface area contributed by atoms with E-state index in [0.29, 0.717) is 28.0 Å². The molecule has 2 aromatic rings. The van der Waals surface area contributed by atoms with Gasteiger partial charge in [-0.3, -0.25) is 9.52 Å². The lowest BCUT2D eigenvalue weighted by atomic mass is 10.1. The first-order valence-corrected chi connectivity index (χ1v) is 10.6. The summed E-state index contributed by atoms with van der Waals surface area (Å²) in [4.78, 5) is 14.4. The summed E-state index contributed by atoms with van der Waals surface area (Å²) in [6.07, 6.45) is 0. The molecule has 0 radical (unpaired) electrons. The Morgan fingerprint density at radius 1 is 1.15 bits per heavy atom. The van der Waals surface area contributed by atoms with E-state index in [0.717, 1.165) is 0 Å². The van der Waals surface area contributed by atoms with Gasteiger partial charge in [0.25, 0.3) is 15.9 Å². The maximum absolute atomic E-state index is 12.8. The minimum Gasteiger partial charge on any atom is -0.496 e. The fourth-order valence-electron chi connectivity index (χ4n) is 2.46. The maximum atomic E-state index is 12.8. The highest BCUT2D eigenvalue weighted by atomic mass is 127. The molecule has 1 amide bonds. The van der Waals surface area contributed by atoms with Crippen LogP contribution in [0.5, 0.6) is 5.75 Å². The smallest absolute Gasteiger partial charge is 0.261 e. The minimum atomic E-state index is -3.84. The molecule has 2 rings (SSSR count). The number of amides is 1. The molecule has 0 aliphatic carbocycles. The molecule has 1 N–H and O–H groups in total. The SMILES string of the molecule is CCN(CC)C(=O)c1ccccc1NS(=O)(=O)c1ccc(OC)c(I)c1. The average Bonchev–Trinajstić information content (AvgIpc) is 2.62. The fraction of sp³-hybridized carbons (Fsp3) is 0.278. The fourth-order valence-corrected chi connectivity index (χ4v) is 4.51. The number of nitrogens with one attached hydrogen (secondary N) is 1. The first kappa shape index (κ1) is 20.5. The van der Waals surface area contributed by atoms with E-state index in [1.54, 1.807) is 35.2 Å². The third kappa shape index (κ3) is 4.47. The largest absolute Gasteiger partial charge is 0.496 e. The van der Waals surface area contributed by atoms with Crippen LogP contribution in [0.2, 0.25) is 0 Å². The van der Waals surface area contributed by atoms with E-state index in [1.807, 2.05) is 36.4 Å². The van der Waals surface area contributed by atoms with Crippen LogP contribution in [0.4, 0.5) is 5.69 Å². The molecule has 0 aromatic heterocycles. The molecule has 26 heavy (non-hydrogen) atoms. The van der Waals surface area contributed by atoms with Gasteiger partial charge in [0, 0.05) is 13.1 Å². The van der Waals surface area contributed by atoms with Crippen molar-refractivity contribution in [2.45, 2.75) is 18.7 Å². The third-order valence-corrected chi connectivity index (χ3v) is 6.09. The summed E-state index contributed by atoms with van der Waals surface area (Å²) >= 11 is 2.01. The predicted molar refractivity (Wildman–Crippen MR) is 110 cm³/mol. The van der Waals surface area contributed by atoms with Crippen LogP contribution in [0.1, 0.15) is 24.2 Å². The van der Waals surface area contributed by atoms with Gasteiger partial charge >= 0.3 is 0 Å². The number of para-hydroxylation sites is 1. The van der Waals surface area contributed by atoms with Gasteiger partial charge in [-0.2, -0.15) is 0 Å². The van der Waals surface area contributed by atoms with Gasteiger partial charge in [-0.25, -0.2) is 8.42 Å². The third-order valence-electron chi connectivity index (χ3n) is 3.89. The topological polar surface area (TPSA) is 75.7 Å². The van der Waals surface area contributed by atoms with Gasteiger partial charge in [-0.05, 0) is 66.8 Å². The van der Waals surface area contributed by atoms with Crippen LogP contribution in [0, 0.1) is 3.57 Å². The Hall–Kier alpha value is -1.81. The predicted octanol–water partition coefficient (Wildman–Crippen LogP) is 3.58. The Bertz CT molecular complexity index is 896. The van der Waals surface area contributed by atoms with Crippen LogP contribution in [0.15, 0.2) is 47.4 Å². The van der Waals surface area contributed by atoms with Crippen molar-refractivity contribution in [3.8, 4) is 5.75 Å². The summed E-state index contributed by atoms with van der Waals surface area (Å²) in [7, 11) is -2.31. The van der Waals surface area contributed by atoms with E-state index in [4.69, 9.17) is 4.74 Å². The summed E-state index contributed by atoms with van der Waals surface area (Å²) in [5, 5.41) is 0. The van der Waals surface area contributed by atoms with Gasteiger partial charge in [0.15, 0.2) is 0 Å². The zero-order chi connectivity index (χ0) is 19.3. The van der Waals surface area contributed by atoms with Crippen molar-refractivity contribution in [3.63, 3.8) is 0 Å². The Morgan fingerprint density at radius 3 is 2.38 bits per heavy atom. The van der Waals surface area contributed by atoms with Gasteiger partial charge < -0.3 is 9.64 Å². The lowest BCUT2D eigenvalue weighted by Gasteiger charge is -2.20. The lowest BCUT2D eigenvalue weighted by Crippen LogP contribution is -2.31.